The molecule has 2 heterocycles. The van der Waals surface area contributed by atoms with E-state index in [4.69, 9.17) is 11.6 Å². The number of fused-ring (bicyclic) bond motifs is 3. The van der Waals surface area contributed by atoms with Crippen molar-refractivity contribution in [3.8, 4) is 5.75 Å². The van der Waals surface area contributed by atoms with Crippen LogP contribution < -0.4 is 5.32 Å². The molecule has 0 aliphatic carbocycles. The van der Waals surface area contributed by atoms with Crippen LogP contribution in [-0.2, 0) is 6.42 Å². The van der Waals surface area contributed by atoms with Gasteiger partial charge in [-0.15, -0.1) is 0 Å². The Bertz CT molecular complexity index is 825. The number of para-hydroxylation sites is 1. The normalized spacial score (nSPS) is 17.9. The maximum atomic E-state index is 10.1. The first kappa shape index (κ1) is 12.7. The Balaban J connectivity index is 1.92. The summed E-state index contributed by atoms with van der Waals surface area (Å²) >= 11 is 6.13. The van der Waals surface area contributed by atoms with Gasteiger partial charge < -0.3 is 15.4 Å². The van der Waals surface area contributed by atoms with Crippen LogP contribution in [0, 0.1) is 0 Å². The molecule has 1 unspecified atom stereocenters. The lowest BCUT2D eigenvalue weighted by Crippen LogP contribution is -2.30. The molecule has 0 saturated carbocycles. The van der Waals surface area contributed by atoms with Gasteiger partial charge in [-0.05, 0) is 36.2 Å². The third-order valence-electron chi connectivity index (χ3n) is 4.16. The molecule has 1 aromatic heterocycles. The van der Waals surface area contributed by atoms with Gasteiger partial charge in [0.25, 0.3) is 0 Å². The minimum absolute atomic E-state index is 0.0128. The first-order chi connectivity index (χ1) is 10.2. The molecule has 2 aromatic carbocycles. The van der Waals surface area contributed by atoms with Crippen LogP contribution in [0.5, 0.6) is 5.75 Å². The Morgan fingerprint density at radius 3 is 2.86 bits per heavy atom. The highest BCUT2D eigenvalue weighted by Gasteiger charge is 2.26. The fraction of sp³-hybridized carbons (Fsp3) is 0.176. The molecule has 1 atom stereocenters. The molecule has 1 aliphatic rings. The second kappa shape index (κ2) is 4.79. The second-order valence-corrected chi connectivity index (χ2v) is 5.84. The summed E-state index contributed by atoms with van der Waals surface area (Å²) in [6, 6.07) is 13.4. The number of H-pyrrole nitrogens is 1. The number of aromatic hydroxyl groups is 1. The third kappa shape index (κ3) is 2.01. The number of phenols is 1. The van der Waals surface area contributed by atoms with E-state index in [1.165, 1.54) is 10.9 Å². The standard InChI is InChI=1S/C17H15ClN2O/c18-10-5-6-14-13(9-10)11-7-8-19-16(17(11)20-14)12-3-1-2-4-15(12)21/h1-6,9,16,19-21H,7-8H2. The number of aromatic amines is 1. The number of halogens is 1. The minimum atomic E-state index is -0.0128. The molecule has 0 bridgehead atoms. The van der Waals surface area contributed by atoms with Crippen molar-refractivity contribution >= 4 is 22.5 Å². The Hall–Kier alpha value is -1.97. The summed E-state index contributed by atoms with van der Waals surface area (Å²) in [6.45, 7) is 0.880. The summed E-state index contributed by atoms with van der Waals surface area (Å²) in [5.74, 6) is 0.319. The average Bonchev–Trinajstić information content (AvgIpc) is 2.86. The summed E-state index contributed by atoms with van der Waals surface area (Å²) in [4.78, 5) is 3.49. The molecule has 4 heteroatoms. The molecule has 3 N–H and O–H groups in total. The molecule has 3 aromatic rings. The van der Waals surface area contributed by atoms with Crippen LogP contribution in [0.4, 0.5) is 0 Å². The summed E-state index contributed by atoms with van der Waals surface area (Å²) in [6.07, 6.45) is 0.958. The fourth-order valence-electron chi connectivity index (χ4n) is 3.20. The third-order valence-corrected chi connectivity index (χ3v) is 4.40. The van der Waals surface area contributed by atoms with E-state index >= 15 is 0 Å². The number of nitrogens with one attached hydrogen (secondary N) is 2. The van der Waals surface area contributed by atoms with Crippen LogP contribution in [0.25, 0.3) is 10.9 Å². The quantitative estimate of drug-likeness (QED) is 0.640. The number of benzene rings is 2. The van der Waals surface area contributed by atoms with Crippen molar-refractivity contribution in [3.05, 3.63) is 64.3 Å². The van der Waals surface area contributed by atoms with E-state index in [0.29, 0.717) is 5.75 Å². The first-order valence-corrected chi connectivity index (χ1v) is 7.43. The van der Waals surface area contributed by atoms with Gasteiger partial charge in [0.05, 0.1) is 6.04 Å². The summed E-state index contributed by atoms with van der Waals surface area (Å²) in [7, 11) is 0. The summed E-state index contributed by atoms with van der Waals surface area (Å²) in [5, 5.41) is 15.5. The van der Waals surface area contributed by atoms with E-state index < -0.39 is 0 Å². The van der Waals surface area contributed by atoms with Crippen molar-refractivity contribution in [1.82, 2.24) is 10.3 Å². The van der Waals surface area contributed by atoms with Crippen molar-refractivity contribution in [2.24, 2.45) is 0 Å². The molecule has 0 spiro atoms. The van der Waals surface area contributed by atoms with E-state index in [1.54, 1.807) is 6.07 Å². The highest BCUT2D eigenvalue weighted by atomic mass is 35.5. The molecular weight excluding hydrogens is 284 g/mol. The Morgan fingerprint density at radius 1 is 1.14 bits per heavy atom. The summed E-state index contributed by atoms with van der Waals surface area (Å²) < 4.78 is 0. The average molecular weight is 299 g/mol. The molecule has 0 fully saturated rings. The van der Waals surface area contributed by atoms with Gasteiger partial charge in [-0.2, -0.15) is 0 Å². The molecule has 0 saturated heterocycles. The minimum Gasteiger partial charge on any atom is -0.508 e. The van der Waals surface area contributed by atoms with Gasteiger partial charge in [-0.25, -0.2) is 0 Å². The second-order valence-electron chi connectivity index (χ2n) is 5.40. The van der Waals surface area contributed by atoms with Gasteiger partial charge in [0.1, 0.15) is 5.75 Å². The zero-order valence-electron chi connectivity index (χ0n) is 11.4. The lowest BCUT2D eigenvalue weighted by Gasteiger charge is -2.25. The molecule has 21 heavy (non-hydrogen) atoms. The van der Waals surface area contributed by atoms with Gasteiger partial charge in [0.2, 0.25) is 0 Å². The zero-order chi connectivity index (χ0) is 14.4. The maximum absolute atomic E-state index is 10.1. The Morgan fingerprint density at radius 2 is 2.00 bits per heavy atom. The maximum Gasteiger partial charge on any atom is 0.120 e. The van der Waals surface area contributed by atoms with Crippen molar-refractivity contribution in [3.63, 3.8) is 0 Å². The number of hydrogen-bond acceptors (Lipinski definition) is 2. The first-order valence-electron chi connectivity index (χ1n) is 7.05. The Labute approximate surface area is 127 Å². The molecule has 3 nitrogen and oxygen atoms in total. The molecule has 0 amide bonds. The van der Waals surface area contributed by atoms with Crippen LogP contribution >= 0.6 is 11.6 Å². The Kier molecular flexibility index (Phi) is 2.91. The number of hydrogen-bond donors (Lipinski definition) is 3. The molecular formula is C17H15ClN2O. The van der Waals surface area contributed by atoms with Crippen molar-refractivity contribution in [2.45, 2.75) is 12.5 Å². The smallest absolute Gasteiger partial charge is 0.120 e. The molecule has 0 radical (unpaired) electrons. The van der Waals surface area contributed by atoms with Gasteiger partial charge in [-0.1, -0.05) is 29.8 Å². The van der Waals surface area contributed by atoms with Crippen molar-refractivity contribution in [2.75, 3.05) is 6.54 Å². The van der Waals surface area contributed by atoms with Gasteiger partial charge >= 0.3 is 0 Å². The molecule has 4 rings (SSSR count). The molecule has 106 valence electrons. The monoisotopic (exact) mass is 298 g/mol. The lowest BCUT2D eigenvalue weighted by atomic mass is 9.94. The fourth-order valence-corrected chi connectivity index (χ4v) is 3.37. The van der Waals surface area contributed by atoms with Crippen molar-refractivity contribution < 1.29 is 5.11 Å². The summed E-state index contributed by atoms with van der Waals surface area (Å²) in [5.41, 5.74) is 4.41. The van der Waals surface area contributed by atoms with Crippen LogP contribution in [-0.4, -0.2) is 16.6 Å². The number of rotatable bonds is 1. The SMILES string of the molecule is Oc1ccccc1C1NCCc2c1[nH]c1ccc(Cl)cc21. The van der Waals surface area contributed by atoms with Gasteiger partial charge in [0, 0.05) is 33.7 Å². The molecule has 1 aliphatic heterocycles. The van der Waals surface area contributed by atoms with Crippen LogP contribution in [0.2, 0.25) is 5.02 Å². The number of phenolic OH excluding ortho intramolecular Hbond substituents is 1. The highest BCUT2D eigenvalue weighted by molar-refractivity contribution is 6.31. The zero-order valence-corrected chi connectivity index (χ0v) is 12.1. The van der Waals surface area contributed by atoms with Crippen LogP contribution in [0.15, 0.2) is 42.5 Å². The van der Waals surface area contributed by atoms with Crippen LogP contribution in [0.3, 0.4) is 0 Å². The van der Waals surface area contributed by atoms with Gasteiger partial charge in [0.15, 0.2) is 0 Å². The van der Waals surface area contributed by atoms with Gasteiger partial charge in [-0.3, -0.25) is 0 Å². The predicted molar refractivity (Wildman–Crippen MR) is 85.0 cm³/mol. The van der Waals surface area contributed by atoms with E-state index in [1.807, 2.05) is 36.4 Å². The van der Waals surface area contributed by atoms with E-state index in [0.717, 1.165) is 34.8 Å². The van der Waals surface area contributed by atoms with E-state index in [2.05, 4.69) is 10.3 Å². The topological polar surface area (TPSA) is 48.0 Å². The van der Waals surface area contributed by atoms with E-state index in [9.17, 15) is 5.11 Å². The highest BCUT2D eigenvalue weighted by Crippen LogP contribution is 2.37. The predicted octanol–water partition coefficient (Wildman–Crippen LogP) is 3.76. The van der Waals surface area contributed by atoms with Crippen LogP contribution in [0.1, 0.15) is 22.9 Å². The largest absolute Gasteiger partial charge is 0.508 e. The van der Waals surface area contributed by atoms with Crippen molar-refractivity contribution in [1.29, 1.82) is 0 Å². The lowest BCUT2D eigenvalue weighted by molar-refractivity contribution is 0.452. The number of aromatic nitrogens is 1. The van der Waals surface area contributed by atoms with E-state index in [-0.39, 0.29) is 6.04 Å².